The first-order valence-corrected chi connectivity index (χ1v) is 5.65. The molecule has 0 aromatic heterocycles. The Morgan fingerprint density at radius 1 is 0.857 bits per heavy atom. The normalized spacial score (nSPS) is 15.4. The summed E-state index contributed by atoms with van der Waals surface area (Å²) in [5, 5.41) is 26.8. The van der Waals surface area contributed by atoms with Gasteiger partial charge in [-0.3, -0.25) is 0 Å². The average Bonchev–Trinajstić information content (AvgIpc) is 2.16. The number of unbranched alkanes of at least 4 members (excludes halogenated alkanes) is 5. The Balaban J connectivity index is 3.06. The predicted molar refractivity (Wildman–Crippen MR) is 57.1 cm³/mol. The number of rotatable bonds is 9. The maximum absolute atomic E-state index is 9.28. The first-order chi connectivity index (χ1) is 6.68. The molecule has 2 atom stereocenters. The Morgan fingerprint density at radius 3 is 1.86 bits per heavy atom. The molecular weight excluding hydrogens is 180 g/mol. The van der Waals surface area contributed by atoms with Gasteiger partial charge in [-0.25, -0.2) is 0 Å². The van der Waals surface area contributed by atoms with Crippen molar-refractivity contribution in [1.29, 1.82) is 0 Å². The van der Waals surface area contributed by atoms with Gasteiger partial charge < -0.3 is 15.3 Å². The first-order valence-electron chi connectivity index (χ1n) is 5.65. The molecule has 0 saturated carbocycles. The summed E-state index contributed by atoms with van der Waals surface area (Å²) in [5.74, 6) is 0. The molecule has 3 nitrogen and oxygen atoms in total. The molecule has 0 aliphatic carbocycles. The molecule has 3 heteroatoms. The molecule has 3 N–H and O–H groups in total. The highest BCUT2D eigenvalue weighted by molar-refractivity contribution is 4.61. The topological polar surface area (TPSA) is 60.7 Å². The third-order valence-corrected chi connectivity index (χ3v) is 2.46. The van der Waals surface area contributed by atoms with Gasteiger partial charge in [0.25, 0.3) is 0 Å². The summed E-state index contributed by atoms with van der Waals surface area (Å²) in [6.07, 6.45) is 5.92. The molecule has 0 radical (unpaired) electrons. The standard InChI is InChI=1S/C11H24O3/c1-10(13)11(14)8-6-4-2-3-5-7-9-12/h10-14H,2-9H2,1H3. The van der Waals surface area contributed by atoms with Crippen LogP contribution in [-0.2, 0) is 0 Å². The van der Waals surface area contributed by atoms with E-state index < -0.39 is 12.2 Å². The quantitative estimate of drug-likeness (QED) is 0.498. The molecule has 0 saturated heterocycles. The zero-order chi connectivity index (χ0) is 10.8. The summed E-state index contributed by atoms with van der Waals surface area (Å²) < 4.78 is 0. The lowest BCUT2D eigenvalue weighted by Crippen LogP contribution is -2.21. The molecule has 0 spiro atoms. The van der Waals surface area contributed by atoms with Crippen molar-refractivity contribution in [2.45, 2.75) is 64.1 Å². The van der Waals surface area contributed by atoms with Crippen LogP contribution in [0.4, 0.5) is 0 Å². The van der Waals surface area contributed by atoms with Crippen LogP contribution in [0.2, 0.25) is 0 Å². The Morgan fingerprint density at radius 2 is 1.36 bits per heavy atom. The molecule has 14 heavy (non-hydrogen) atoms. The molecule has 0 rings (SSSR count). The van der Waals surface area contributed by atoms with E-state index in [1.54, 1.807) is 6.92 Å². The van der Waals surface area contributed by atoms with E-state index in [0.29, 0.717) is 13.0 Å². The third kappa shape index (κ3) is 8.48. The van der Waals surface area contributed by atoms with Gasteiger partial charge in [0, 0.05) is 6.61 Å². The van der Waals surface area contributed by atoms with Crippen LogP contribution in [0, 0.1) is 0 Å². The molecule has 0 aromatic rings. The summed E-state index contributed by atoms with van der Waals surface area (Å²) in [7, 11) is 0. The zero-order valence-corrected chi connectivity index (χ0v) is 9.15. The SMILES string of the molecule is CC(O)C(O)CCCCCCCCO. The Kier molecular flexibility index (Phi) is 9.35. The minimum absolute atomic E-state index is 0.292. The first kappa shape index (κ1) is 13.9. The van der Waals surface area contributed by atoms with Gasteiger partial charge in [0.05, 0.1) is 12.2 Å². The fraction of sp³-hybridized carbons (Fsp3) is 1.00. The maximum Gasteiger partial charge on any atom is 0.0796 e. The average molecular weight is 204 g/mol. The molecule has 0 aliphatic heterocycles. The highest BCUT2D eigenvalue weighted by Crippen LogP contribution is 2.10. The third-order valence-electron chi connectivity index (χ3n) is 2.46. The van der Waals surface area contributed by atoms with Crippen LogP contribution in [0.1, 0.15) is 51.9 Å². The lowest BCUT2D eigenvalue weighted by molar-refractivity contribution is 0.0247. The Hall–Kier alpha value is -0.120. The molecule has 0 fully saturated rings. The molecular formula is C11H24O3. The smallest absolute Gasteiger partial charge is 0.0796 e. The van der Waals surface area contributed by atoms with Crippen LogP contribution in [0.5, 0.6) is 0 Å². The van der Waals surface area contributed by atoms with Gasteiger partial charge in [0.2, 0.25) is 0 Å². The molecule has 86 valence electrons. The van der Waals surface area contributed by atoms with Crippen LogP contribution in [0.3, 0.4) is 0 Å². The summed E-state index contributed by atoms with van der Waals surface area (Å²) in [5.41, 5.74) is 0. The van der Waals surface area contributed by atoms with E-state index in [1.807, 2.05) is 0 Å². The lowest BCUT2D eigenvalue weighted by Gasteiger charge is -2.12. The van der Waals surface area contributed by atoms with Crippen LogP contribution in [-0.4, -0.2) is 34.1 Å². The molecule has 0 aromatic carbocycles. The number of hydrogen-bond acceptors (Lipinski definition) is 3. The highest BCUT2D eigenvalue weighted by Gasteiger charge is 2.09. The van der Waals surface area contributed by atoms with Crippen molar-refractivity contribution >= 4 is 0 Å². The fourth-order valence-corrected chi connectivity index (χ4v) is 1.41. The van der Waals surface area contributed by atoms with Crippen molar-refractivity contribution in [2.75, 3.05) is 6.61 Å². The van der Waals surface area contributed by atoms with Gasteiger partial charge >= 0.3 is 0 Å². The van der Waals surface area contributed by atoms with Gasteiger partial charge in [0.15, 0.2) is 0 Å². The Bertz CT molecular complexity index is 115. The van der Waals surface area contributed by atoms with Crippen LogP contribution >= 0.6 is 0 Å². The lowest BCUT2D eigenvalue weighted by atomic mass is 10.0. The van der Waals surface area contributed by atoms with Crippen molar-refractivity contribution in [3.8, 4) is 0 Å². The second-order valence-corrected chi connectivity index (χ2v) is 3.94. The van der Waals surface area contributed by atoms with Gasteiger partial charge in [0.1, 0.15) is 0 Å². The van der Waals surface area contributed by atoms with E-state index in [9.17, 15) is 5.11 Å². The van der Waals surface area contributed by atoms with E-state index in [1.165, 1.54) is 0 Å². The summed E-state index contributed by atoms with van der Waals surface area (Å²) in [6, 6.07) is 0. The van der Waals surface area contributed by atoms with Gasteiger partial charge in [-0.1, -0.05) is 32.1 Å². The zero-order valence-electron chi connectivity index (χ0n) is 9.15. The molecule has 0 amide bonds. The van der Waals surface area contributed by atoms with Crippen LogP contribution < -0.4 is 0 Å². The molecule has 0 aliphatic rings. The monoisotopic (exact) mass is 204 g/mol. The summed E-state index contributed by atoms with van der Waals surface area (Å²) in [6.45, 7) is 1.91. The highest BCUT2D eigenvalue weighted by atomic mass is 16.3. The molecule has 0 bridgehead atoms. The van der Waals surface area contributed by atoms with Gasteiger partial charge in [-0.15, -0.1) is 0 Å². The number of aliphatic hydroxyl groups excluding tert-OH is 3. The van der Waals surface area contributed by atoms with Crippen molar-refractivity contribution in [3.05, 3.63) is 0 Å². The summed E-state index contributed by atoms with van der Waals surface area (Å²) in [4.78, 5) is 0. The number of hydrogen-bond donors (Lipinski definition) is 3. The molecule has 0 heterocycles. The van der Waals surface area contributed by atoms with Crippen molar-refractivity contribution in [3.63, 3.8) is 0 Å². The van der Waals surface area contributed by atoms with Crippen LogP contribution in [0.25, 0.3) is 0 Å². The summed E-state index contributed by atoms with van der Waals surface area (Å²) >= 11 is 0. The predicted octanol–water partition coefficient (Wildman–Crippen LogP) is 1.45. The van der Waals surface area contributed by atoms with E-state index in [-0.39, 0.29) is 0 Å². The second kappa shape index (κ2) is 9.44. The van der Waals surface area contributed by atoms with Crippen molar-refractivity contribution in [2.24, 2.45) is 0 Å². The van der Waals surface area contributed by atoms with Crippen LogP contribution in [0.15, 0.2) is 0 Å². The maximum atomic E-state index is 9.28. The van der Waals surface area contributed by atoms with E-state index in [0.717, 1.165) is 38.5 Å². The molecule has 2 unspecified atom stereocenters. The second-order valence-electron chi connectivity index (χ2n) is 3.94. The van der Waals surface area contributed by atoms with E-state index in [2.05, 4.69) is 0 Å². The minimum Gasteiger partial charge on any atom is -0.396 e. The van der Waals surface area contributed by atoms with Gasteiger partial charge in [-0.2, -0.15) is 0 Å². The number of aliphatic hydroxyl groups is 3. The fourth-order valence-electron chi connectivity index (χ4n) is 1.41. The van der Waals surface area contributed by atoms with Crippen molar-refractivity contribution < 1.29 is 15.3 Å². The minimum atomic E-state index is -0.607. The van der Waals surface area contributed by atoms with E-state index in [4.69, 9.17) is 10.2 Å². The van der Waals surface area contributed by atoms with Gasteiger partial charge in [-0.05, 0) is 19.8 Å². The van der Waals surface area contributed by atoms with E-state index >= 15 is 0 Å². The largest absolute Gasteiger partial charge is 0.396 e. The Labute approximate surface area is 86.8 Å². The van der Waals surface area contributed by atoms with Crippen molar-refractivity contribution in [1.82, 2.24) is 0 Å².